The van der Waals surface area contributed by atoms with Crippen molar-refractivity contribution >= 4 is 17.4 Å². The Morgan fingerprint density at radius 3 is 2.59 bits per heavy atom. The first-order valence-electron chi connectivity index (χ1n) is 5.84. The minimum Gasteiger partial charge on any atom is -0.432 e. The van der Waals surface area contributed by atoms with Crippen LogP contribution in [-0.4, -0.2) is 17.5 Å². The number of aromatic nitrogens is 1. The van der Waals surface area contributed by atoms with Gasteiger partial charge in [0.25, 0.3) is 5.91 Å². The number of carbonyl (C=O) groups is 1. The van der Waals surface area contributed by atoms with E-state index < -0.39 is 35.6 Å². The molecule has 1 amide bonds. The fourth-order valence-electron chi connectivity index (χ4n) is 1.57. The van der Waals surface area contributed by atoms with E-state index in [4.69, 9.17) is 5.73 Å². The Labute approximate surface area is 121 Å². The number of ether oxygens (including phenoxy) is 1. The largest absolute Gasteiger partial charge is 0.432 e. The molecule has 0 unspecified atom stereocenters. The number of nitrogens with two attached hydrogens (primary N) is 1. The molecular formula is C13H9F4N3O2. The van der Waals surface area contributed by atoms with Crippen LogP contribution in [0.15, 0.2) is 30.3 Å². The lowest BCUT2D eigenvalue weighted by molar-refractivity contribution is -0.0523. The quantitative estimate of drug-likeness (QED) is 0.851. The summed E-state index contributed by atoms with van der Waals surface area (Å²) in [6.45, 7) is -3.30. The summed E-state index contributed by atoms with van der Waals surface area (Å²) in [4.78, 5) is 15.5. The maximum Gasteiger partial charge on any atom is 0.387 e. The van der Waals surface area contributed by atoms with Gasteiger partial charge < -0.3 is 15.8 Å². The molecule has 22 heavy (non-hydrogen) atoms. The van der Waals surface area contributed by atoms with Gasteiger partial charge in [0.05, 0.1) is 5.69 Å². The molecule has 0 aliphatic heterocycles. The van der Waals surface area contributed by atoms with Crippen molar-refractivity contribution in [3.05, 3.63) is 47.7 Å². The number of nitrogen functional groups attached to an aromatic ring is 1. The Morgan fingerprint density at radius 2 is 1.95 bits per heavy atom. The molecule has 3 N–H and O–H groups in total. The molecule has 1 heterocycles. The first kappa shape index (κ1) is 15.5. The van der Waals surface area contributed by atoms with Crippen molar-refractivity contribution < 1.29 is 27.1 Å². The fourth-order valence-corrected chi connectivity index (χ4v) is 1.57. The molecule has 0 atom stereocenters. The van der Waals surface area contributed by atoms with Crippen molar-refractivity contribution in [3.63, 3.8) is 0 Å². The van der Waals surface area contributed by atoms with Crippen LogP contribution in [0.3, 0.4) is 0 Å². The van der Waals surface area contributed by atoms with Gasteiger partial charge in [-0.05, 0) is 12.1 Å². The Balaban J connectivity index is 2.23. The van der Waals surface area contributed by atoms with Crippen molar-refractivity contribution in [3.8, 4) is 5.75 Å². The van der Waals surface area contributed by atoms with Crippen molar-refractivity contribution in [1.29, 1.82) is 0 Å². The minimum atomic E-state index is -3.30. The summed E-state index contributed by atoms with van der Waals surface area (Å²) < 4.78 is 55.0. The zero-order valence-electron chi connectivity index (χ0n) is 10.8. The predicted molar refractivity (Wildman–Crippen MR) is 69.6 cm³/mol. The summed E-state index contributed by atoms with van der Waals surface area (Å²) in [7, 11) is 0. The number of nitrogens with zero attached hydrogens (tertiary/aromatic N) is 1. The Hall–Kier alpha value is -2.84. The van der Waals surface area contributed by atoms with Gasteiger partial charge in [-0.1, -0.05) is 6.07 Å². The smallest absolute Gasteiger partial charge is 0.387 e. The lowest BCUT2D eigenvalue weighted by Crippen LogP contribution is -2.15. The number of pyridine rings is 1. The second-order valence-electron chi connectivity index (χ2n) is 4.04. The van der Waals surface area contributed by atoms with Gasteiger partial charge in [-0.15, -0.1) is 0 Å². The van der Waals surface area contributed by atoms with Crippen LogP contribution in [0.4, 0.5) is 29.1 Å². The second-order valence-corrected chi connectivity index (χ2v) is 4.04. The van der Waals surface area contributed by atoms with Crippen LogP contribution in [0.25, 0.3) is 0 Å². The van der Waals surface area contributed by atoms with E-state index in [-0.39, 0.29) is 11.5 Å². The van der Waals surface area contributed by atoms with Gasteiger partial charge in [-0.2, -0.15) is 8.78 Å². The molecule has 1 aromatic carbocycles. The average molecular weight is 315 g/mol. The van der Waals surface area contributed by atoms with Crippen molar-refractivity contribution in [2.75, 3.05) is 11.1 Å². The molecule has 2 rings (SSSR count). The highest BCUT2D eigenvalue weighted by Gasteiger charge is 2.17. The highest BCUT2D eigenvalue weighted by atomic mass is 19.3. The molecule has 5 nitrogen and oxygen atoms in total. The van der Waals surface area contributed by atoms with Gasteiger partial charge in [-0.25, -0.2) is 13.8 Å². The molecule has 0 radical (unpaired) electrons. The molecule has 0 saturated heterocycles. The zero-order valence-corrected chi connectivity index (χ0v) is 10.8. The van der Waals surface area contributed by atoms with Crippen molar-refractivity contribution in [2.24, 2.45) is 0 Å². The number of rotatable bonds is 4. The number of alkyl halides is 2. The summed E-state index contributed by atoms with van der Waals surface area (Å²) in [5.74, 6) is -4.13. The molecular weight excluding hydrogens is 306 g/mol. The predicted octanol–water partition coefficient (Wildman–Crippen LogP) is 2.80. The lowest BCUT2D eigenvalue weighted by atomic mass is 10.2. The first-order chi connectivity index (χ1) is 10.4. The van der Waals surface area contributed by atoms with Gasteiger partial charge in [0.1, 0.15) is 11.5 Å². The highest BCUT2D eigenvalue weighted by Crippen LogP contribution is 2.26. The molecule has 2 aromatic rings. The van der Waals surface area contributed by atoms with Gasteiger partial charge in [0, 0.05) is 12.1 Å². The third kappa shape index (κ3) is 3.62. The van der Waals surface area contributed by atoms with Crippen LogP contribution < -0.4 is 15.8 Å². The topological polar surface area (TPSA) is 77.2 Å². The summed E-state index contributed by atoms with van der Waals surface area (Å²) in [5, 5.41) is 2.06. The number of benzene rings is 1. The fraction of sp³-hybridized carbons (Fsp3) is 0.0769. The number of halogens is 4. The van der Waals surface area contributed by atoms with Crippen LogP contribution >= 0.6 is 0 Å². The van der Waals surface area contributed by atoms with E-state index in [0.717, 1.165) is 0 Å². The Kier molecular flexibility index (Phi) is 4.44. The summed E-state index contributed by atoms with van der Waals surface area (Å²) >= 11 is 0. The average Bonchev–Trinajstić information content (AvgIpc) is 2.43. The monoisotopic (exact) mass is 315 g/mol. The van der Waals surface area contributed by atoms with Crippen LogP contribution in [-0.2, 0) is 0 Å². The number of carbonyl (C=O) groups excluding carboxylic acids is 1. The van der Waals surface area contributed by atoms with E-state index in [0.29, 0.717) is 12.1 Å². The molecule has 1 aromatic heterocycles. The van der Waals surface area contributed by atoms with E-state index in [1.807, 2.05) is 0 Å². The second kappa shape index (κ2) is 6.29. The SMILES string of the molecule is Nc1cccc(C(=O)Nc2cc(F)c(OC(F)F)cc2F)n1. The molecule has 0 bridgehead atoms. The van der Waals surface area contributed by atoms with Gasteiger partial charge in [0.15, 0.2) is 17.4 Å². The van der Waals surface area contributed by atoms with Gasteiger partial charge >= 0.3 is 6.61 Å². The van der Waals surface area contributed by atoms with E-state index in [2.05, 4.69) is 15.0 Å². The first-order valence-corrected chi connectivity index (χ1v) is 5.84. The Morgan fingerprint density at radius 1 is 1.23 bits per heavy atom. The molecule has 0 fully saturated rings. The highest BCUT2D eigenvalue weighted by molar-refractivity contribution is 6.03. The maximum absolute atomic E-state index is 13.7. The van der Waals surface area contributed by atoms with Crippen LogP contribution in [0.2, 0.25) is 0 Å². The van der Waals surface area contributed by atoms with E-state index in [1.54, 1.807) is 0 Å². The van der Waals surface area contributed by atoms with Crippen LogP contribution in [0.1, 0.15) is 10.5 Å². The van der Waals surface area contributed by atoms with Crippen LogP contribution in [0, 0.1) is 11.6 Å². The number of anilines is 2. The van der Waals surface area contributed by atoms with Crippen LogP contribution in [0.5, 0.6) is 5.75 Å². The summed E-state index contributed by atoms with van der Waals surface area (Å²) in [6.07, 6.45) is 0. The normalized spacial score (nSPS) is 10.6. The number of hydrogen-bond donors (Lipinski definition) is 2. The third-order valence-electron chi connectivity index (χ3n) is 2.49. The van der Waals surface area contributed by atoms with Crippen molar-refractivity contribution in [1.82, 2.24) is 4.98 Å². The minimum absolute atomic E-state index is 0.0694. The maximum atomic E-state index is 13.7. The molecule has 0 spiro atoms. The lowest BCUT2D eigenvalue weighted by Gasteiger charge is -2.10. The van der Waals surface area contributed by atoms with E-state index in [9.17, 15) is 22.4 Å². The number of nitrogens with one attached hydrogen (secondary N) is 1. The van der Waals surface area contributed by atoms with Gasteiger partial charge in [-0.3, -0.25) is 4.79 Å². The number of hydrogen-bond acceptors (Lipinski definition) is 4. The molecule has 0 saturated carbocycles. The molecule has 0 aliphatic carbocycles. The Bertz CT molecular complexity index is 710. The molecule has 9 heteroatoms. The third-order valence-corrected chi connectivity index (χ3v) is 2.49. The van der Waals surface area contributed by atoms with E-state index in [1.165, 1.54) is 18.2 Å². The zero-order chi connectivity index (χ0) is 16.3. The number of amides is 1. The summed E-state index contributed by atoms with van der Waals surface area (Å²) in [6, 6.07) is 5.14. The standard InChI is InChI=1S/C13H9F4N3O2/c14-6-5-10(22-13(16)17)7(15)4-9(6)20-12(21)8-2-1-3-11(18)19-8/h1-5,13H,(H2,18,19)(H,20,21). The van der Waals surface area contributed by atoms with Crippen molar-refractivity contribution in [2.45, 2.75) is 6.61 Å². The molecule has 0 aliphatic rings. The summed E-state index contributed by atoms with van der Waals surface area (Å²) in [5.41, 5.74) is 4.73. The molecule has 116 valence electrons. The van der Waals surface area contributed by atoms with Gasteiger partial charge in [0.2, 0.25) is 0 Å². The van der Waals surface area contributed by atoms with E-state index >= 15 is 0 Å².